The van der Waals surface area contributed by atoms with Crippen molar-refractivity contribution in [2.75, 3.05) is 19.8 Å². The van der Waals surface area contributed by atoms with Gasteiger partial charge in [-0.25, -0.2) is 0 Å². The molecule has 0 spiro atoms. The summed E-state index contributed by atoms with van der Waals surface area (Å²) in [5.74, 6) is 0. The van der Waals surface area contributed by atoms with Crippen LogP contribution in [0.4, 0.5) is 0 Å². The lowest BCUT2D eigenvalue weighted by molar-refractivity contribution is -0.858. The third-order valence-corrected chi connectivity index (χ3v) is 2.92. The molecule has 4 heteroatoms. The molecule has 0 aromatic heterocycles. The molecule has 1 N–H and O–H groups in total. The van der Waals surface area contributed by atoms with Crippen LogP contribution in [0, 0.1) is 0 Å². The summed E-state index contributed by atoms with van der Waals surface area (Å²) in [4.78, 5) is 3.79. The molecule has 1 rings (SSSR count). The van der Waals surface area contributed by atoms with Crippen molar-refractivity contribution in [1.29, 1.82) is 0 Å². The van der Waals surface area contributed by atoms with Crippen molar-refractivity contribution >= 4 is 11.8 Å². The first-order valence-corrected chi connectivity index (χ1v) is 4.87. The summed E-state index contributed by atoms with van der Waals surface area (Å²) >= 11 is 1.90. The van der Waals surface area contributed by atoms with E-state index in [1.54, 1.807) is 0 Å². The average Bonchev–Trinajstić information content (AvgIpc) is 2.30. The second kappa shape index (κ2) is 5.27. The van der Waals surface area contributed by atoms with Gasteiger partial charge in [0.05, 0.1) is 12.7 Å². The van der Waals surface area contributed by atoms with E-state index >= 15 is 0 Å². The fourth-order valence-corrected chi connectivity index (χ4v) is 2.20. The van der Waals surface area contributed by atoms with Gasteiger partial charge in [0, 0.05) is 7.05 Å². The highest BCUT2D eigenvalue weighted by Crippen LogP contribution is 2.07. The van der Waals surface area contributed by atoms with Crippen molar-refractivity contribution in [3.63, 3.8) is 0 Å². The van der Waals surface area contributed by atoms with E-state index in [9.17, 15) is 0 Å². The van der Waals surface area contributed by atoms with Gasteiger partial charge >= 0.3 is 0 Å². The third kappa shape index (κ3) is 2.52. The van der Waals surface area contributed by atoms with Crippen molar-refractivity contribution in [3.8, 4) is 0 Å². The van der Waals surface area contributed by atoms with Crippen molar-refractivity contribution in [2.24, 2.45) is 0 Å². The molecule has 1 aliphatic heterocycles. The fourth-order valence-electron chi connectivity index (χ4n) is 1.25. The molecule has 66 valence electrons. The van der Waals surface area contributed by atoms with Crippen LogP contribution in [0.25, 0.3) is 0 Å². The molecule has 1 heterocycles. The molecule has 2 nitrogen and oxygen atoms in total. The van der Waals surface area contributed by atoms with Crippen LogP contribution in [0.2, 0.25) is 0 Å². The molecule has 1 aliphatic rings. The number of hydrogen-bond donors (Lipinski definition) is 1. The Labute approximate surface area is 90.0 Å². The van der Waals surface area contributed by atoms with Gasteiger partial charge < -0.3 is 28.9 Å². The lowest BCUT2D eigenvalue weighted by atomic mass is 10.6. The molecule has 2 atom stereocenters. The lowest BCUT2D eigenvalue weighted by Gasteiger charge is -2.21. The maximum absolute atomic E-state index is 2.25. The first-order chi connectivity index (χ1) is 4.79. The molecular weight excluding hydrogens is 271 g/mol. The van der Waals surface area contributed by atoms with Gasteiger partial charge in [-0.05, 0) is 13.2 Å². The quantitative estimate of drug-likeness (QED) is 0.540. The van der Waals surface area contributed by atoms with E-state index in [4.69, 9.17) is 0 Å². The zero-order valence-electron chi connectivity index (χ0n) is 7.17. The highest BCUT2D eigenvalue weighted by atomic mass is 127. The number of thioether (sulfide) groups is 1. The second-order valence-corrected chi connectivity index (χ2v) is 3.42. The Morgan fingerprint density at radius 2 is 2.27 bits per heavy atom. The molecule has 0 saturated carbocycles. The average molecular weight is 286 g/mol. The molecule has 0 saturated heterocycles. The topological polar surface area (TPSA) is 7.68 Å². The van der Waals surface area contributed by atoms with Gasteiger partial charge in [-0.15, -0.1) is 0 Å². The molecular formula is C7H15IN2S. The molecule has 0 aliphatic carbocycles. The van der Waals surface area contributed by atoms with Gasteiger partial charge in [-0.1, -0.05) is 11.8 Å². The van der Waals surface area contributed by atoms with Crippen LogP contribution in [0.3, 0.4) is 0 Å². The van der Waals surface area contributed by atoms with Gasteiger partial charge in [0.15, 0.2) is 0 Å². The van der Waals surface area contributed by atoms with Crippen LogP contribution in [-0.2, 0) is 0 Å². The summed E-state index contributed by atoms with van der Waals surface area (Å²) in [7, 11) is 2.13. The zero-order chi connectivity index (χ0) is 7.56. The third-order valence-electron chi connectivity index (χ3n) is 1.84. The summed E-state index contributed by atoms with van der Waals surface area (Å²) < 4.78 is 0. The molecule has 0 amide bonds. The van der Waals surface area contributed by atoms with E-state index in [1.807, 2.05) is 11.8 Å². The largest absolute Gasteiger partial charge is 1.00 e. The van der Waals surface area contributed by atoms with E-state index in [0.717, 1.165) is 0 Å². The lowest BCUT2D eigenvalue weighted by Crippen LogP contribution is -3.10. The molecule has 0 radical (unpaired) electrons. The second-order valence-electron chi connectivity index (χ2n) is 2.50. The molecule has 0 fully saturated rings. The van der Waals surface area contributed by atoms with Crippen LogP contribution >= 0.6 is 11.8 Å². The Hall–Kier alpha value is 0.580. The van der Waals surface area contributed by atoms with Crippen molar-refractivity contribution in [2.45, 2.75) is 12.4 Å². The number of rotatable bonds is 2. The predicted octanol–water partition coefficient (Wildman–Crippen LogP) is -3.04. The SMILES string of the molecule is CC[NH+]1C=CN(C)C1SC.[I-]. The minimum atomic E-state index is 0. The highest BCUT2D eigenvalue weighted by molar-refractivity contribution is 7.98. The van der Waals surface area contributed by atoms with E-state index in [1.165, 1.54) is 11.4 Å². The Morgan fingerprint density at radius 1 is 1.64 bits per heavy atom. The maximum Gasteiger partial charge on any atom is 0.215 e. The Kier molecular flexibility index (Phi) is 5.54. The number of quaternary nitrogens is 1. The van der Waals surface area contributed by atoms with Crippen molar-refractivity contribution in [1.82, 2.24) is 4.90 Å². The van der Waals surface area contributed by atoms with Crippen molar-refractivity contribution in [3.05, 3.63) is 12.4 Å². The van der Waals surface area contributed by atoms with E-state index in [-0.39, 0.29) is 24.0 Å². The summed E-state index contributed by atoms with van der Waals surface area (Å²) in [6.07, 6.45) is 6.53. The first kappa shape index (κ1) is 11.6. The van der Waals surface area contributed by atoms with Crippen LogP contribution in [0.5, 0.6) is 0 Å². The smallest absolute Gasteiger partial charge is 0.215 e. The number of nitrogens with zero attached hydrogens (tertiary/aromatic N) is 1. The van der Waals surface area contributed by atoms with Crippen LogP contribution in [0.15, 0.2) is 12.4 Å². The van der Waals surface area contributed by atoms with E-state index < -0.39 is 0 Å². The molecule has 0 aromatic carbocycles. The molecule has 0 bridgehead atoms. The molecule has 2 unspecified atom stereocenters. The molecule has 0 aromatic rings. The molecule has 11 heavy (non-hydrogen) atoms. The van der Waals surface area contributed by atoms with E-state index in [2.05, 4.69) is 37.5 Å². The van der Waals surface area contributed by atoms with Crippen LogP contribution < -0.4 is 28.9 Å². The predicted molar refractivity (Wildman–Crippen MR) is 45.7 cm³/mol. The number of nitrogens with one attached hydrogen (secondary N) is 1. The van der Waals surface area contributed by atoms with Gasteiger partial charge in [-0.2, -0.15) is 0 Å². The Bertz CT molecular complexity index is 140. The van der Waals surface area contributed by atoms with Crippen molar-refractivity contribution < 1.29 is 28.9 Å². The summed E-state index contributed by atoms with van der Waals surface area (Å²) in [6, 6.07) is 0. The standard InChI is InChI=1S/C7H14N2S.HI/c1-4-9-6-5-8(2)7(9)10-3;/h5-7H,4H2,1-3H3;1H. The van der Waals surface area contributed by atoms with E-state index in [0.29, 0.717) is 5.50 Å². The van der Waals surface area contributed by atoms with Gasteiger partial charge in [0.2, 0.25) is 5.50 Å². The van der Waals surface area contributed by atoms with Gasteiger partial charge in [-0.3, -0.25) is 4.90 Å². The monoisotopic (exact) mass is 286 g/mol. The summed E-state index contributed by atoms with van der Waals surface area (Å²) in [6.45, 7) is 3.38. The number of hydrogen-bond acceptors (Lipinski definition) is 2. The Morgan fingerprint density at radius 3 is 2.64 bits per heavy atom. The van der Waals surface area contributed by atoms with Crippen LogP contribution in [-0.4, -0.2) is 30.2 Å². The van der Waals surface area contributed by atoms with Gasteiger partial charge in [0.1, 0.15) is 6.20 Å². The first-order valence-electron chi connectivity index (χ1n) is 3.58. The normalized spacial score (nSPS) is 28.8. The highest BCUT2D eigenvalue weighted by Gasteiger charge is 2.25. The zero-order valence-corrected chi connectivity index (χ0v) is 10.1. The fraction of sp³-hybridized carbons (Fsp3) is 0.714. The Balaban J connectivity index is 0.000001000. The maximum atomic E-state index is 2.25. The summed E-state index contributed by atoms with van der Waals surface area (Å²) in [5, 5.41) is 0. The van der Waals surface area contributed by atoms with Gasteiger partial charge in [0.25, 0.3) is 0 Å². The minimum absolute atomic E-state index is 0. The minimum Gasteiger partial charge on any atom is -1.00 e. The van der Waals surface area contributed by atoms with Crippen LogP contribution in [0.1, 0.15) is 6.92 Å². The number of halogens is 1. The summed E-state index contributed by atoms with van der Waals surface area (Å²) in [5.41, 5.74) is 0.602.